The van der Waals surface area contributed by atoms with Crippen LogP contribution in [0.15, 0.2) is 36.8 Å². The molecule has 0 aliphatic rings. The molecule has 0 aliphatic heterocycles. The molecule has 1 atom stereocenters. The molecule has 2 aromatic heterocycles. The fraction of sp³-hybridized carbons (Fsp3) is 0.471. The number of carbonyl (C=O) groups is 1. The third-order valence-corrected chi connectivity index (χ3v) is 4.12. The average molecular weight is 331 g/mol. The Kier molecular flexibility index (Phi) is 6.31. The number of aromatic nitrogens is 3. The highest BCUT2D eigenvalue weighted by molar-refractivity contribution is 5.88. The maximum Gasteiger partial charge on any atom is 0.320 e. The number of urea groups is 1. The van der Waals surface area contributed by atoms with Gasteiger partial charge in [0.2, 0.25) is 0 Å². The van der Waals surface area contributed by atoms with Gasteiger partial charge in [0.1, 0.15) is 0 Å². The molecule has 0 radical (unpaired) electrons. The van der Waals surface area contributed by atoms with Gasteiger partial charge in [-0.15, -0.1) is 0 Å². The molecule has 0 fully saturated rings. The van der Waals surface area contributed by atoms with Crippen LogP contribution in [0.5, 0.6) is 0 Å². The van der Waals surface area contributed by atoms with Crippen LogP contribution >= 0.6 is 0 Å². The van der Waals surface area contributed by atoms with Crippen LogP contribution in [0, 0.1) is 0 Å². The third kappa shape index (κ3) is 5.34. The molecular weight excluding hydrogens is 306 g/mol. The highest BCUT2D eigenvalue weighted by Crippen LogP contribution is 2.14. The normalized spacial score (nSPS) is 13.3. The lowest BCUT2D eigenvalue weighted by Gasteiger charge is -2.28. The number of hydrogen-bond acceptors (Lipinski definition) is 4. The molecule has 3 N–H and O–H groups in total. The quantitative estimate of drug-likeness (QED) is 0.691. The molecular formula is C17H25N5O2. The number of amides is 2. The Balaban J connectivity index is 1.85. The summed E-state index contributed by atoms with van der Waals surface area (Å²) in [5.41, 5.74) is 0.762. The van der Waals surface area contributed by atoms with E-state index >= 15 is 0 Å². The summed E-state index contributed by atoms with van der Waals surface area (Å²) in [5, 5.41) is 19.1. The van der Waals surface area contributed by atoms with Crippen LogP contribution in [0.25, 0.3) is 0 Å². The Bertz CT molecular complexity index is 643. The van der Waals surface area contributed by atoms with E-state index in [2.05, 4.69) is 20.7 Å². The van der Waals surface area contributed by atoms with Crippen molar-refractivity contribution in [1.82, 2.24) is 20.1 Å². The number of rotatable bonds is 8. The van der Waals surface area contributed by atoms with Gasteiger partial charge in [-0.1, -0.05) is 6.92 Å². The van der Waals surface area contributed by atoms with Crippen LogP contribution in [0.2, 0.25) is 0 Å². The average Bonchev–Trinajstić information content (AvgIpc) is 3.01. The molecule has 7 nitrogen and oxygen atoms in total. The van der Waals surface area contributed by atoms with Crippen LogP contribution in [0.4, 0.5) is 10.6 Å². The van der Waals surface area contributed by atoms with Gasteiger partial charge < -0.3 is 10.4 Å². The zero-order valence-corrected chi connectivity index (χ0v) is 14.2. The number of hydrogen-bond donors (Lipinski definition) is 3. The van der Waals surface area contributed by atoms with Crippen LogP contribution in [-0.2, 0) is 13.0 Å². The van der Waals surface area contributed by atoms with Gasteiger partial charge in [-0.25, -0.2) is 4.79 Å². The van der Waals surface area contributed by atoms with Crippen molar-refractivity contribution < 1.29 is 9.90 Å². The number of nitrogens with one attached hydrogen (secondary N) is 2. The summed E-state index contributed by atoms with van der Waals surface area (Å²) in [5.74, 6) is 0.504. The number of anilines is 1. The monoisotopic (exact) mass is 331 g/mol. The molecule has 0 saturated carbocycles. The maximum absolute atomic E-state index is 12.1. The largest absolute Gasteiger partial charge is 0.396 e. The molecule has 24 heavy (non-hydrogen) atoms. The third-order valence-electron chi connectivity index (χ3n) is 4.12. The number of aryl methyl sites for hydroxylation is 2. The van der Waals surface area contributed by atoms with Crippen molar-refractivity contribution in [2.45, 2.75) is 45.2 Å². The second-order valence-corrected chi connectivity index (χ2v) is 6.04. The summed E-state index contributed by atoms with van der Waals surface area (Å²) in [4.78, 5) is 16.1. The summed E-state index contributed by atoms with van der Waals surface area (Å²) < 4.78 is 1.79. The van der Waals surface area contributed by atoms with E-state index in [0.717, 1.165) is 19.4 Å². The van der Waals surface area contributed by atoms with E-state index in [-0.39, 0.29) is 12.6 Å². The van der Waals surface area contributed by atoms with E-state index in [0.29, 0.717) is 12.2 Å². The van der Waals surface area contributed by atoms with Crippen LogP contribution in [-0.4, -0.2) is 38.0 Å². The number of carbonyl (C=O) groups excluding carboxylic acids is 1. The summed E-state index contributed by atoms with van der Waals surface area (Å²) in [6.07, 6.45) is 7.47. The Morgan fingerprint density at radius 2 is 2.08 bits per heavy atom. The summed E-state index contributed by atoms with van der Waals surface area (Å²) in [6.45, 7) is 4.65. The van der Waals surface area contributed by atoms with Crippen LogP contribution < -0.4 is 10.6 Å². The van der Waals surface area contributed by atoms with Gasteiger partial charge in [-0.05, 0) is 43.9 Å². The van der Waals surface area contributed by atoms with Crippen molar-refractivity contribution >= 4 is 11.8 Å². The van der Waals surface area contributed by atoms with Crippen molar-refractivity contribution in [1.29, 1.82) is 0 Å². The molecule has 0 aliphatic carbocycles. The minimum Gasteiger partial charge on any atom is -0.396 e. The first-order valence-electron chi connectivity index (χ1n) is 8.17. The van der Waals surface area contributed by atoms with E-state index in [4.69, 9.17) is 5.11 Å². The molecule has 7 heteroatoms. The number of pyridine rings is 1. The van der Waals surface area contributed by atoms with Crippen molar-refractivity contribution in [3.63, 3.8) is 0 Å². The minimum absolute atomic E-state index is 0.0360. The van der Waals surface area contributed by atoms with Crippen LogP contribution in [0.3, 0.4) is 0 Å². The number of aliphatic hydroxyl groups excluding tert-OH is 1. The van der Waals surface area contributed by atoms with Gasteiger partial charge in [0, 0.05) is 43.3 Å². The van der Waals surface area contributed by atoms with E-state index < -0.39 is 5.54 Å². The second kappa shape index (κ2) is 8.44. The molecule has 0 bridgehead atoms. The summed E-state index contributed by atoms with van der Waals surface area (Å²) in [7, 11) is 0. The smallest absolute Gasteiger partial charge is 0.320 e. The standard InChI is InChI=1S/C17H25N5O2/c1-3-17(2,8-13-23)20-16(24)19-15-7-12-22(21-15)11-6-14-4-9-18-10-5-14/h4-5,7,9-10,12,23H,3,6,8,11,13H2,1-2H3,(H2,19,20,21,24). The van der Waals surface area contributed by atoms with E-state index in [1.54, 1.807) is 23.1 Å². The lowest BCUT2D eigenvalue weighted by atomic mass is 9.95. The predicted molar refractivity (Wildman–Crippen MR) is 92.7 cm³/mol. The Hall–Kier alpha value is -2.41. The van der Waals surface area contributed by atoms with Crippen molar-refractivity contribution in [2.75, 3.05) is 11.9 Å². The molecule has 2 aromatic rings. The zero-order chi connectivity index (χ0) is 17.4. The van der Waals surface area contributed by atoms with E-state index in [1.807, 2.05) is 32.2 Å². The van der Waals surface area contributed by atoms with Crippen molar-refractivity contribution in [3.05, 3.63) is 42.4 Å². The first-order valence-corrected chi connectivity index (χ1v) is 8.17. The summed E-state index contributed by atoms with van der Waals surface area (Å²) in [6, 6.07) is 5.40. The fourth-order valence-corrected chi connectivity index (χ4v) is 2.34. The van der Waals surface area contributed by atoms with Gasteiger partial charge in [-0.2, -0.15) is 5.10 Å². The van der Waals surface area contributed by atoms with Gasteiger partial charge >= 0.3 is 6.03 Å². The minimum atomic E-state index is -0.428. The van der Waals surface area contributed by atoms with E-state index in [9.17, 15) is 4.79 Å². The van der Waals surface area contributed by atoms with Crippen molar-refractivity contribution in [3.8, 4) is 0 Å². The predicted octanol–water partition coefficient (Wildman–Crippen LogP) is 2.19. The van der Waals surface area contributed by atoms with Crippen LogP contribution in [0.1, 0.15) is 32.3 Å². The topological polar surface area (TPSA) is 92.1 Å². The summed E-state index contributed by atoms with van der Waals surface area (Å²) >= 11 is 0. The lowest BCUT2D eigenvalue weighted by Crippen LogP contribution is -2.48. The van der Waals surface area contributed by atoms with Gasteiger partial charge in [-0.3, -0.25) is 15.0 Å². The van der Waals surface area contributed by atoms with Gasteiger partial charge in [0.25, 0.3) is 0 Å². The fourth-order valence-electron chi connectivity index (χ4n) is 2.34. The Morgan fingerprint density at radius 3 is 2.75 bits per heavy atom. The first-order chi connectivity index (χ1) is 11.5. The lowest BCUT2D eigenvalue weighted by molar-refractivity contribution is 0.208. The molecule has 2 heterocycles. The van der Waals surface area contributed by atoms with Crippen molar-refractivity contribution in [2.24, 2.45) is 0 Å². The molecule has 1 unspecified atom stereocenters. The van der Waals surface area contributed by atoms with Gasteiger partial charge in [0.05, 0.1) is 0 Å². The molecule has 2 amide bonds. The molecule has 0 saturated heterocycles. The zero-order valence-electron chi connectivity index (χ0n) is 14.2. The molecule has 2 rings (SSSR count). The number of nitrogens with zero attached hydrogens (tertiary/aromatic N) is 3. The Morgan fingerprint density at radius 1 is 1.33 bits per heavy atom. The number of aliphatic hydroxyl groups is 1. The maximum atomic E-state index is 12.1. The Labute approximate surface area is 142 Å². The second-order valence-electron chi connectivity index (χ2n) is 6.04. The van der Waals surface area contributed by atoms with Gasteiger partial charge in [0.15, 0.2) is 5.82 Å². The highest BCUT2D eigenvalue weighted by Gasteiger charge is 2.23. The molecule has 130 valence electrons. The first kappa shape index (κ1) is 17.9. The molecule has 0 aromatic carbocycles. The SMILES string of the molecule is CCC(C)(CCO)NC(=O)Nc1ccn(CCc2ccncc2)n1. The molecule has 0 spiro atoms. The van der Waals surface area contributed by atoms with E-state index in [1.165, 1.54) is 5.56 Å². The highest BCUT2D eigenvalue weighted by atomic mass is 16.3.